The molecule has 5 heteroatoms. The van der Waals surface area contributed by atoms with Crippen LogP contribution in [-0.2, 0) is 9.59 Å². The molecule has 1 heterocycles. The van der Waals surface area contributed by atoms with Crippen LogP contribution in [-0.4, -0.2) is 34.8 Å². The van der Waals surface area contributed by atoms with E-state index < -0.39 is 6.04 Å². The van der Waals surface area contributed by atoms with Gasteiger partial charge in [-0.1, -0.05) is 42.1 Å². The molecular formula is C13H14N2O2S. The fraction of sp³-hybridized carbons (Fsp3) is 0.231. The van der Waals surface area contributed by atoms with E-state index in [0.717, 1.165) is 17.3 Å². The van der Waals surface area contributed by atoms with Crippen molar-refractivity contribution in [1.82, 2.24) is 4.90 Å². The smallest absolute Gasteiger partial charge is 0.245 e. The van der Waals surface area contributed by atoms with Gasteiger partial charge < -0.3 is 10.6 Å². The molecule has 94 valence electrons. The summed E-state index contributed by atoms with van der Waals surface area (Å²) in [6.07, 6.45) is 3.42. The molecule has 0 saturated carbocycles. The summed E-state index contributed by atoms with van der Waals surface area (Å²) in [5.74, 6) is -0.195. The van der Waals surface area contributed by atoms with E-state index in [2.05, 4.69) is 0 Å². The van der Waals surface area contributed by atoms with Gasteiger partial charge in [0.15, 0.2) is 0 Å². The van der Waals surface area contributed by atoms with E-state index in [-0.39, 0.29) is 11.0 Å². The second-order valence-electron chi connectivity index (χ2n) is 3.99. The van der Waals surface area contributed by atoms with E-state index in [1.165, 1.54) is 4.90 Å². The monoisotopic (exact) mass is 262 g/mol. The largest absolute Gasteiger partial charge is 0.318 e. The van der Waals surface area contributed by atoms with Crippen molar-refractivity contribution in [3.63, 3.8) is 0 Å². The fourth-order valence-electron chi connectivity index (χ4n) is 1.73. The number of carbonyl (C=O) groups excluding carboxylic acids is 2. The molecule has 0 aliphatic carbocycles. The number of likely N-dealkylation sites (tertiary alicyclic amines) is 1. The number of benzene rings is 1. The van der Waals surface area contributed by atoms with Gasteiger partial charge in [0, 0.05) is 0 Å². The summed E-state index contributed by atoms with van der Waals surface area (Å²) in [6.45, 7) is 0.407. The van der Waals surface area contributed by atoms with Gasteiger partial charge >= 0.3 is 0 Å². The van der Waals surface area contributed by atoms with E-state index in [1.807, 2.05) is 30.3 Å². The van der Waals surface area contributed by atoms with E-state index in [9.17, 15) is 9.59 Å². The summed E-state index contributed by atoms with van der Waals surface area (Å²) < 4.78 is 0. The zero-order valence-electron chi connectivity index (χ0n) is 10.00. The quantitative estimate of drug-likeness (QED) is 0.654. The highest BCUT2D eigenvalue weighted by Gasteiger charge is 2.37. The predicted octanol–water partition coefficient (Wildman–Crippen LogP) is 1.09. The van der Waals surface area contributed by atoms with Crippen LogP contribution in [0.1, 0.15) is 5.56 Å². The Morgan fingerprint density at radius 3 is 2.61 bits per heavy atom. The molecule has 0 radical (unpaired) electrons. The van der Waals surface area contributed by atoms with Gasteiger partial charge in [0.1, 0.15) is 6.04 Å². The van der Waals surface area contributed by atoms with E-state index >= 15 is 0 Å². The summed E-state index contributed by atoms with van der Waals surface area (Å²) in [6, 6.07) is 8.97. The van der Waals surface area contributed by atoms with Gasteiger partial charge in [-0.2, -0.15) is 0 Å². The van der Waals surface area contributed by atoms with Crippen LogP contribution in [0.15, 0.2) is 36.0 Å². The highest BCUT2D eigenvalue weighted by atomic mass is 32.2. The van der Waals surface area contributed by atoms with E-state index in [0.29, 0.717) is 12.2 Å². The Morgan fingerprint density at radius 2 is 2.11 bits per heavy atom. The maximum Gasteiger partial charge on any atom is 0.245 e. The van der Waals surface area contributed by atoms with Gasteiger partial charge in [0.05, 0.1) is 12.2 Å². The first-order valence-corrected chi connectivity index (χ1v) is 6.78. The van der Waals surface area contributed by atoms with Gasteiger partial charge in [-0.25, -0.2) is 0 Å². The Kier molecular flexibility index (Phi) is 3.84. The van der Waals surface area contributed by atoms with Crippen molar-refractivity contribution in [1.29, 1.82) is 0 Å². The summed E-state index contributed by atoms with van der Waals surface area (Å²) >= 11 is 1.09. The predicted molar refractivity (Wildman–Crippen MR) is 72.6 cm³/mol. The molecule has 1 aliphatic heterocycles. The number of thioether (sulfide) groups is 1. The lowest BCUT2D eigenvalue weighted by atomic mass is 10.1. The molecule has 1 fully saturated rings. The Morgan fingerprint density at radius 1 is 1.44 bits per heavy atom. The van der Waals surface area contributed by atoms with Gasteiger partial charge in [-0.15, -0.1) is 0 Å². The average molecular weight is 262 g/mol. The lowest BCUT2D eigenvalue weighted by Crippen LogP contribution is -2.60. The first-order chi connectivity index (χ1) is 8.63. The van der Waals surface area contributed by atoms with Crippen LogP contribution in [0.4, 0.5) is 0 Å². The molecule has 1 saturated heterocycles. The third kappa shape index (κ3) is 2.47. The first kappa shape index (κ1) is 12.9. The number of hydrogen-bond donors (Lipinski definition) is 1. The molecule has 1 aromatic carbocycles. The van der Waals surface area contributed by atoms with Crippen molar-refractivity contribution in [3.8, 4) is 0 Å². The van der Waals surface area contributed by atoms with Crippen LogP contribution in [0, 0.1) is 0 Å². The molecule has 1 amide bonds. The molecule has 2 rings (SSSR count). The highest BCUT2D eigenvalue weighted by molar-refractivity contribution is 8.13. The van der Waals surface area contributed by atoms with Crippen molar-refractivity contribution >= 4 is 28.9 Å². The number of rotatable bonds is 3. The zero-order valence-corrected chi connectivity index (χ0v) is 10.8. The van der Waals surface area contributed by atoms with Crippen molar-refractivity contribution in [2.75, 3.05) is 12.8 Å². The Labute approximate surface area is 110 Å². The summed E-state index contributed by atoms with van der Waals surface area (Å²) in [5.41, 5.74) is 6.84. The van der Waals surface area contributed by atoms with Gasteiger partial charge in [0.25, 0.3) is 0 Å². The number of nitrogens with two attached hydrogens (primary N) is 1. The number of amides is 1. The van der Waals surface area contributed by atoms with Crippen molar-refractivity contribution in [3.05, 3.63) is 41.6 Å². The Hall–Kier alpha value is -1.59. The Bertz CT molecular complexity index is 499. The highest BCUT2D eigenvalue weighted by Crippen LogP contribution is 2.22. The minimum Gasteiger partial charge on any atom is -0.318 e. The summed E-state index contributed by atoms with van der Waals surface area (Å²) in [4.78, 5) is 24.9. The molecule has 0 bridgehead atoms. The lowest BCUT2D eigenvalue weighted by Gasteiger charge is -2.36. The van der Waals surface area contributed by atoms with Crippen LogP contribution in [0.5, 0.6) is 0 Å². The second kappa shape index (κ2) is 5.37. The topological polar surface area (TPSA) is 63.4 Å². The zero-order chi connectivity index (χ0) is 13.1. The third-order valence-electron chi connectivity index (χ3n) is 2.75. The van der Waals surface area contributed by atoms with Crippen LogP contribution in [0.25, 0.3) is 6.08 Å². The van der Waals surface area contributed by atoms with Crippen LogP contribution < -0.4 is 5.73 Å². The number of carbonyl (C=O) groups is 2. The maximum absolute atomic E-state index is 11.9. The average Bonchev–Trinajstić information content (AvgIpc) is 2.42. The molecule has 1 aromatic rings. The van der Waals surface area contributed by atoms with Gasteiger partial charge in [-0.05, 0) is 17.9 Å². The van der Waals surface area contributed by atoms with E-state index in [1.54, 1.807) is 12.3 Å². The van der Waals surface area contributed by atoms with Crippen LogP contribution in [0.3, 0.4) is 0 Å². The molecule has 18 heavy (non-hydrogen) atoms. The fourth-order valence-corrected chi connectivity index (χ4v) is 2.11. The lowest BCUT2D eigenvalue weighted by molar-refractivity contribution is -0.140. The standard InChI is InChI=1S/C13H14N2O2S/c1-18-13(17)11(15-8-10(14)12(15)16)7-9-5-3-2-4-6-9/h2-7,10H,8,14H2,1H3. The van der Waals surface area contributed by atoms with Gasteiger partial charge in [0.2, 0.25) is 11.0 Å². The maximum atomic E-state index is 11.9. The van der Waals surface area contributed by atoms with Crippen molar-refractivity contribution < 1.29 is 9.59 Å². The third-order valence-corrected chi connectivity index (χ3v) is 3.33. The van der Waals surface area contributed by atoms with Gasteiger partial charge in [-0.3, -0.25) is 9.59 Å². The van der Waals surface area contributed by atoms with Crippen molar-refractivity contribution in [2.24, 2.45) is 5.73 Å². The molecular weight excluding hydrogens is 248 g/mol. The summed E-state index contributed by atoms with van der Waals surface area (Å²) in [7, 11) is 0. The van der Waals surface area contributed by atoms with Crippen LogP contribution >= 0.6 is 11.8 Å². The molecule has 4 nitrogen and oxygen atoms in total. The SMILES string of the molecule is CSC(=O)C(=Cc1ccccc1)N1CC(N)C1=O. The molecule has 0 spiro atoms. The normalized spacial score (nSPS) is 19.7. The number of nitrogens with zero attached hydrogens (tertiary/aromatic N) is 1. The first-order valence-electron chi connectivity index (χ1n) is 5.55. The second-order valence-corrected chi connectivity index (χ2v) is 4.77. The minimum absolute atomic E-state index is 0.126. The molecule has 1 aliphatic rings. The molecule has 2 N–H and O–H groups in total. The van der Waals surface area contributed by atoms with Crippen molar-refractivity contribution in [2.45, 2.75) is 6.04 Å². The Balaban J connectivity index is 2.29. The van der Waals surface area contributed by atoms with Crippen LogP contribution in [0.2, 0.25) is 0 Å². The minimum atomic E-state index is -0.473. The molecule has 1 atom stereocenters. The summed E-state index contributed by atoms with van der Waals surface area (Å²) in [5, 5.41) is -0.126. The molecule has 0 aromatic heterocycles. The molecule has 1 unspecified atom stereocenters. The number of β-lactam (4-membered cyclic amide) rings is 1. The number of hydrogen-bond acceptors (Lipinski definition) is 4. The van der Waals surface area contributed by atoms with E-state index in [4.69, 9.17) is 5.73 Å².